The van der Waals surface area contributed by atoms with Gasteiger partial charge in [0.05, 0.1) is 0 Å². The number of hydrogen-bond donors (Lipinski definition) is 0. The second kappa shape index (κ2) is 2.32. The van der Waals surface area contributed by atoms with Crippen LogP contribution in [0.15, 0.2) is 0 Å². The summed E-state index contributed by atoms with van der Waals surface area (Å²) in [5, 5.41) is 0. The average molecular weight is 180 g/mol. The third-order valence-electron chi connectivity index (χ3n) is 5.62. The zero-order chi connectivity index (χ0) is 10.0. The first-order valence-electron chi connectivity index (χ1n) is 5.89. The van der Waals surface area contributed by atoms with E-state index in [0.29, 0.717) is 5.41 Å². The molecule has 0 amide bonds. The lowest BCUT2D eigenvalue weighted by Gasteiger charge is -2.34. The Morgan fingerprint density at radius 2 is 1.62 bits per heavy atom. The lowest BCUT2D eigenvalue weighted by Crippen LogP contribution is -2.28. The van der Waals surface area contributed by atoms with Crippen LogP contribution in [0.5, 0.6) is 0 Å². The van der Waals surface area contributed by atoms with Gasteiger partial charge in [0.15, 0.2) is 0 Å². The first-order chi connectivity index (χ1) is 5.89. The topological polar surface area (TPSA) is 0 Å². The minimum Gasteiger partial charge on any atom is -0.0625 e. The van der Waals surface area contributed by atoms with Crippen molar-refractivity contribution in [3.63, 3.8) is 0 Å². The van der Waals surface area contributed by atoms with Gasteiger partial charge in [0.1, 0.15) is 0 Å². The minimum absolute atomic E-state index is 0.704. The van der Waals surface area contributed by atoms with Gasteiger partial charge in [-0.3, -0.25) is 0 Å². The van der Waals surface area contributed by atoms with Gasteiger partial charge in [0.2, 0.25) is 0 Å². The first kappa shape index (κ1) is 9.55. The van der Waals surface area contributed by atoms with Crippen molar-refractivity contribution in [3.8, 4) is 0 Å². The van der Waals surface area contributed by atoms with E-state index in [1.165, 1.54) is 6.42 Å². The molecule has 2 rings (SSSR count). The normalized spacial score (nSPS) is 49.4. The largest absolute Gasteiger partial charge is 0.0625 e. The number of hydrogen-bond acceptors (Lipinski definition) is 0. The standard InChI is InChI=1S/C13H24/c1-8(2)10(5)12(6)11-7-13(11,12)9(3)4/h8-11H,7H2,1-6H3. The molecule has 2 aliphatic rings. The van der Waals surface area contributed by atoms with Gasteiger partial charge in [-0.15, -0.1) is 0 Å². The lowest BCUT2D eigenvalue weighted by molar-refractivity contribution is 0.144. The maximum absolute atomic E-state index is 2.53. The fraction of sp³-hybridized carbons (Fsp3) is 1.00. The summed E-state index contributed by atoms with van der Waals surface area (Å²) >= 11 is 0. The van der Waals surface area contributed by atoms with Gasteiger partial charge in [-0.1, -0.05) is 41.5 Å². The van der Waals surface area contributed by atoms with Crippen molar-refractivity contribution in [2.45, 2.75) is 48.0 Å². The van der Waals surface area contributed by atoms with Crippen LogP contribution in [0.4, 0.5) is 0 Å². The summed E-state index contributed by atoms with van der Waals surface area (Å²) in [4.78, 5) is 0. The van der Waals surface area contributed by atoms with Crippen LogP contribution in [0.2, 0.25) is 0 Å². The van der Waals surface area contributed by atoms with Crippen molar-refractivity contribution >= 4 is 0 Å². The Morgan fingerprint density at radius 3 is 1.85 bits per heavy atom. The van der Waals surface area contributed by atoms with Crippen LogP contribution >= 0.6 is 0 Å². The van der Waals surface area contributed by atoms with Crippen LogP contribution in [0.3, 0.4) is 0 Å². The Kier molecular flexibility index (Phi) is 1.71. The van der Waals surface area contributed by atoms with Crippen molar-refractivity contribution in [2.75, 3.05) is 0 Å². The zero-order valence-corrected chi connectivity index (χ0v) is 10.0. The molecular formula is C13H24. The van der Waals surface area contributed by atoms with E-state index in [2.05, 4.69) is 41.5 Å². The molecule has 2 fully saturated rings. The summed E-state index contributed by atoms with van der Waals surface area (Å²) in [6, 6.07) is 0. The smallest absolute Gasteiger partial charge is 0.0178 e. The molecule has 2 saturated carbocycles. The predicted molar refractivity (Wildman–Crippen MR) is 57.5 cm³/mol. The Bertz CT molecular complexity index is 228. The van der Waals surface area contributed by atoms with Crippen molar-refractivity contribution < 1.29 is 0 Å². The van der Waals surface area contributed by atoms with Crippen molar-refractivity contribution in [1.82, 2.24) is 0 Å². The fourth-order valence-electron chi connectivity index (χ4n) is 4.12. The summed E-state index contributed by atoms with van der Waals surface area (Å²) in [6.45, 7) is 14.6. The van der Waals surface area contributed by atoms with Crippen LogP contribution in [-0.2, 0) is 0 Å². The number of rotatable bonds is 3. The highest BCUT2D eigenvalue weighted by atomic mass is 14.9. The summed E-state index contributed by atoms with van der Waals surface area (Å²) in [6.07, 6.45) is 1.53. The summed E-state index contributed by atoms with van der Waals surface area (Å²) < 4.78 is 0. The maximum atomic E-state index is 2.53. The Morgan fingerprint density at radius 1 is 1.08 bits per heavy atom. The van der Waals surface area contributed by atoms with E-state index < -0.39 is 0 Å². The summed E-state index contributed by atoms with van der Waals surface area (Å²) in [7, 11) is 0. The van der Waals surface area contributed by atoms with Crippen molar-refractivity contribution in [3.05, 3.63) is 0 Å². The van der Waals surface area contributed by atoms with Crippen LogP contribution in [-0.4, -0.2) is 0 Å². The molecule has 0 aromatic heterocycles. The molecular weight excluding hydrogens is 156 g/mol. The quantitative estimate of drug-likeness (QED) is 0.616. The second-order valence-corrected chi connectivity index (χ2v) is 6.27. The molecule has 0 bridgehead atoms. The molecule has 0 aromatic rings. The first-order valence-corrected chi connectivity index (χ1v) is 5.89. The fourth-order valence-corrected chi connectivity index (χ4v) is 4.12. The summed E-state index contributed by atoms with van der Waals surface area (Å²) in [5.74, 6) is 3.75. The Hall–Kier alpha value is 0. The van der Waals surface area contributed by atoms with Gasteiger partial charge in [0.25, 0.3) is 0 Å². The predicted octanol–water partition coefficient (Wildman–Crippen LogP) is 3.96. The van der Waals surface area contributed by atoms with Gasteiger partial charge in [-0.2, -0.15) is 0 Å². The lowest BCUT2D eigenvalue weighted by atomic mass is 9.71. The maximum Gasteiger partial charge on any atom is -0.0178 e. The molecule has 0 nitrogen and oxygen atoms in total. The van der Waals surface area contributed by atoms with Crippen molar-refractivity contribution in [2.24, 2.45) is 34.5 Å². The molecule has 0 radical (unpaired) electrons. The van der Waals surface area contributed by atoms with E-state index in [1.807, 2.05) is 0 Å². The third kappa shape index (κ3) is 0.831. The van der Waals surface area contributed by atoms with Gasteiger partial charge < -0.3 is 0 Å². The molecule has 13 heavy (non-hydrogen) atoms. The van der Waals surface area contributed by atoms with Crippen molar-refractivity contribution in [1.29, 1.82) is 0 Å². The molecule has 0 heteroatoms. The summed E-state index contributed by atoms with van der Waals surface area (Å²) in [5.41, 5.74) is 1.48. The van der Waals surface area contributed by atoms with E-state index in [0.717, 1.165) is 29.1 Å². The van der Waals surface area contributed by atoms with Crippen LogP contribution in [0.25, 0.3) is 0 Å². The van der Waals surface area contributed by atoms with E-state index in [4.69, 9.17) is 0 Å². The molecule has 2 aliphatic carbocycles. The van der Waals surface area contributed by atoms with Crippen LogP contribution in [0, 0.1) is 34.5 Å². The molecule has 0 aliphatic heterocycles. The van der Waals surface area contributed by atoms with Crippen LogP contribution < -0.4 is 0 Å². The molecule has 0 saturated heterocycles. The monoisotopic (exact) mass is 180 g/mol. The second-order valence-electron chi connectivity index (χ2n) is 6.27. The van der Waals surface area contributed by atoms with E-state index in [9.17, 15) is 0 Å². The van der Waals surface area contributed by atoms with Crippen LogP contribution in [0.1, 0.15) is 48.0 Å². The molecule has 0 spiro atoms. The minimum atomic E-state index is 0.704. The molecule has 4 unspecified atom stereocenters. The van der Waals surface area contributed by atoms with E-state index >= 15 is 0 Å². The van der Waals surface area contributed by atoms with Gasteiger partial charge in [-0.05, 0) is 40.9 Å². The van der Waals surface area contributed by atoms with Gasteiger partial charge in [0, 0.05) is 0 Å². The number of fused-ring (bicyclic) bond motifs is 1. The average Bonchev–Trinajstić information content (AvgIpc) is 2.86. The van der Waals surface area contributed by atoms with Gasteiger partial charge in [-0.25, -0.2) is 0 Å². The van der Waals surface area contributed by atoms with E-state index in [-0.39, 0.29) is 0 Å². The highest BCUT2D eigenvalue weighted by Gasteiger charge is 2.87. The highest BCUT2D eigenvalue weighted by molar-refractivity contribution is 5.34. The molecule has 0 heterocycles. The highest BCUT2D eigenvalue weighted by Crippen LogP contribution is 2.92. The Balaban J connectivity index is 2.12. The molecule has 76 valence electrons. The molecule has 4 atom stereocenters. The zero-order valence-electron chi connectivity index (χ0n) is 10.0. The molecule has 0 N–H and O–H groups in total. The third-order valence-corrected chi connectivity index (χ3v) is 5.62. The van der Waals surface area contributed by atoms with E-state index in [1.54, 1.807) is 0 Å². The molecule has 0 aromatic carbocycles. The van der Waals surface area contributed by atoms with Gasteiger partial charge >= 0.3 is 0 Å². The Labute approximate surface area is 83.1 Å². The SMILES string of the molecule is CC(C)C(C)C1(C)C2CC21C(C)C.